The van der Waals surface area contributed by atoms with E-state index in [0.717, 1.165) is 23.7 Å². The number of benzene rings is 1. The smallest absolute Gasteiger partial charge is 0.259 e. The molecule has 108 valence electrons. The van der Waals surface area contributed by atoms with Crippen LogP contribution >= 0.6 is 0 Å². The van der Waals surface area contributed by atoms with Crippen molar-refractivity contribution in [1.82, 2.24) is 4.90 Å². The summed E-state index contributed by atoms with van der Waals surface area (Å²) in [5.41, 5.74) is 2.93. The van der Waals surface area contributed by atoms with Crippen LogP contribution in [0.3, 0.4) is 0 Å². The van der Waals surface area contributed by atoms with Gasteiger partial charge in [-0.3, -0.25) is 9.69 Å². The van der Waals surface area contributed by atoms with Crippen molar-refractivity contribution in [1.29, 1.82) is 0 Å². The van der Waals surface area contributed by atoms with E-state index in [4.69, 9.17) is 0 Å². The van der Waals surface area contributed by atoms with Gasteiger partial charge < -0.3 is 9.59 Å². The monoisotopic (exact) mass is 283 g/mol. The SMILES string of the molecule is C=Cc1cccc2c1/C(=C\C)N(C(C=O)CCC=O)C2=O. The normalized spacial score (nSPS) is 16.7. The molecule has 0 saturated carbocycles. The molecule has 1 aromatic carbocycles. The molecule has 4 heteroatoms. The van der Waals surface area contributed by atoms with E-state index in [1.165, 1.54) is 4.90 Å². The molecule has 0 aliphatic carbocycles. The molecule has 1 amide bonds. The van der Waals surface area contributed by atoms with Gasteiger partial charge in [0.1, 0.15) is 12.6 Å². The molecule has 0 fully saturated rings. The number of hydrogen-bond acceptors (Lipinski definition) is 3. The molecule has 0 bridgehead atoms. The van der Waals surface area contributed by atoms with Crippen LogP contribution in [0.5, 0.6) is 0 Å². The van der Waals surface area contributed by atoms with Gasteiger partial charge in [0.05, 0.1) is 6.04 Å². The maximum Gasteiger partial charge on any atom is 0.259 e. The standard InChI is InChI=1S/C17H17NO3/c1-3-12-7-5-9-14-16(12)15(4-2)18(17(14)21)13(11-20)8-6-10-19/h3-5,7,9-11,13H,1,6,8H2,2H3/b15-4+. The molecule has 1 unspecified atom stereocenters. The molecule has 1 aliphatic rings. The molecule has 0 aromatic heterocycles. The second-order valence-electron chi connectivity index (χ2n) is 4.77. The molecule has 0 saturated heterocycles. The molecule has 21 heavy (non-hydrogen) atoms. The zero-order chi connectivity index (χ0) is 15.4. The van der Waals surface area contributed by atoms with Gasteiger partial charge in [-0.2, -0.15) is 0 Å². The van der Waals surface area contributed by atoms with Gasteiger partial charge in [-0.15, -0.1) is 0 Å². The van der Waals surface area contributed by atoms with Crippen LogP contribution < -0.4 is 0 Å². The highest BCUT2D eigenvalue weighted by Gasteiger charge is 2.37. The van der Waals surface area contributed by atoms with Crippen molar-refractivity contribution in [2.75, 3.05) is 0 Å². The van der Waals surface area contributed by atoms with Crippen molar-refractivity contribution in [3.8, 4) is 0 Å². The summed E-state index contributed by atoms with van der Waals surface area (Å²) in [6, 6.07) is 4.80. The van der Waals surface area contributed by atoms with E-state index in [2.05, 4.69) is 6.58 Å². The zero-order valence-corrected chi connectivity index (χ0v) is 11.9. The fourth-order valence-corrected chi connectivity index (χ4v) is 2.67. The molecule has 0 spiro atoms. The number of carbonyl (C=O) groups is 3. The van der Waals surface area contributed by atoms with E-state index in [9.17, 15) is 14.4 Å². The summed E-state index contributed by atoms with van der Waals surface area (Å²) in [5.74, 6) is -0.204. The summed E-state index contributed by atoms with van der Waals surface area (Å²) in [6.45, 7) is 5.59. The van der Waals surface area contributed by atoms with Crippen molar-refractivity contribution < 1.29 is 14.4 Å². The summed E-state index contributed by atoms with van der Waals surface area (Å²) in [4.78, 5) is 36.0. The van der Waals surface area contributed by atoms with Gasteiger partial charge in [-0.1, -0.05) is 30.9 Å². The van der Waals surface area contributed by atoms with Gasteiger partial charge in [0, 0.05) is 23.2 Å². The third-order valence-corrected chi connectivity index (χ3v) is 3.62. The number of fused-ring (bicyclic) bond motifs is 1. The molecular weight excluding hydrogens is 266 g/mol. The van der Waals surface area contributed by atoms with Crippen LogP contribution in [0.15, 0.2) is 30.9 Å². The third-order valence-electron chi connectivity index (χ3n) is 3.62. The summed E-state index contributed by atoms with van der Waals surface area (Å²) in [6.07, 6.45) is 5.57. The topological polar surface area (TPSA) is 54.5 Å². The van der Waals surface area contributed by atoms with Gasteiger partial charge in [-0.05, 0) is 25.0 Å². The van der Waals surface area contributed by atoms with E-state index < -0.39 is 6.04 Å². The van der Waals surface area contributed by atoms with Crippen LogP contribution in [0, 0.1) is 0 Å². The summed E-state index contributed by atoms with van der Waals surface area (Å²) in [5, 5.41) is 0. The fraction of sp³-hybridized carbons (Fsp3) is 0.235. The Morgan fingerprint density at radius 3 is 2.67 bits per heavy atom. The Labute approximate surface area is 123 Å². The van der Waals surface area contributed by atoms with Crippen LogP contribution in [-0.2, 0) is 9.59 Å². The highest BCUT2D eigenvalue weighted by molar-refractivity contribution is 6.11. The Hall–Kier alpha value is -2.49. The van der Waals surface area contributed by atoms with Gasteiger partial charge >= 0.3 is 0 Å². The lowest BCUT2D eigenvalue weighted by Crippen LogP contribution is -2.36. The van der Waals surface area contributed by atoms with E-state index in [1.807, 2.05) is 19.1 Å². The van der Waals surface area contributed by atoms with Crippen LogP contribution in [-0.4, -0.2) is 29.4 Å². The van der Waals surface area contributed by atoms with Crippen molar-refractivity contribution in [2.45, 2.75) is 25.8 Å². The first-order chi connectivity index (χ1) is 10.2. The Morgan fingerprint density at radius 1 is 1.33 bits per heavy atom. The summed E-state index contributed by atoms with van der Waals surface area (Å²) < 4.78 is 0. The molecule has 1 atom stereocenters. The van der Waals surface area contributed by atoms with E-state index >= 15 is 0 Å². The Kier molecular flexibility index (Phi) is 4.48. The second kappa shape index (κ2) is 6.31. The van der Waals surface area contributed by atoms with E-state index in [-0.39, 0.29) is 12.3 Å². The average Bonchev–Trinajstić information content (AvgIpc) is 2.81. The minimum absolute atomic E-state index is 0.204. The zero-order valence-electron chi connectivity index (χ0n) is 11.9. The maximum atomic E-state index is 12.6. The van der Waals surface area contributed by atoms with Crippen molar-refractivity contribution in [3.63, 3.8) is 0 Å². The molecule has 0 N–H and O–H groups in total. The Balaban J connectivity index is 2.52. The van der Waals surface area contributed by atoms with Gasteiger partial charge in [0.15, 0.2) is 0 Å². The first-order valence-corrected chi connectivity index (χ1v) is 6.84. The van der Waals surface area contributed by atoms with E-state index in [1.54, 1.807) is 18.2 Å². The number of rotatable bonds is 6. The Bertz CT molecular complexity index is 631. The molecule has 1 aromatic rings. The number of hydrogen-bond donors (Lipinski definition) is 0. The molecule has 1 aliphatic heterocycles. The number of carbonyl (C=O) groups excluding carboxylic acids is 3. The van der Waals surface area contributed by atoms with Gasteiger partial charge in [0.25, 0.3) is 5.91 Å². The highest BCUT2D eigenvalue weighted by Crippen LogP contribution is 2.37. The van der Waals surface area contributed by atoms with Crippen LogP contribution in [0.25, 0.3) is 11.8 Å². The fourth-order valence-electron chi connectivity index (χ4n) is 2.67. The molecular formula is C17H17NO3. The number of amides is 1. The lowest BCUT2D eigenvalue weighted by Gasteiger charge is -2.24. The largest absolute Gasteiger partial charge is 0.303 e. The van der Waals surface area contributed by atoms with Crippen molar-refractivity contribution >= 4 is 30.3 Å². The number of allylic oxidation sites excluding steroid dienone is 1. The van der Waals surface area contributed by atoms with Gasteiger partial charge in [0.2, 0.25) is 0 Å². The van der Waals surface area contributed by atoms with Crippen LogP contribution in [0.2, 0.25) is 0 Å². The Morgan fingerprint density at radius 2 is 2.10 bits per heavy atom. The number of nitrogens with zero attached hydrogens (tertiary/aromatic N) is 1. The quantitative estimate of drug-likeness (QED) is 0.754. The average molecular weight is 283 g/mol. The predicted octanol–water partition coefficient (Wildman–Crippen LogP) is 2.69. The summed E-state index contributed by atoms with van der Waals surface area (Å²) in [7, 11) is 0. The second-order valence-corrected chi connectivity index (χ2v) is 4.77. The molecule has 1 heterocycles. The maximum absolute atomic E-state index is 12.6. The van der Waals surface area contributed by atoms with E-state index in [0.29, 0.717) is 17.7 Å². The lowest BCUT2D eigenvalue weighted by atomic mass is 10.0. The molecule has 4 nitrogen and oxygen atoms in total. The number of aldehydes is 2. The first-order valence-electron chi connectivity index (χ1n) is 6.84. The molecule has 0 radical (unpaired) electrons. The van der Waals surface area contributed by atoms with Gasteiger partial charge in [-0.25, -0.2) is 0 Å². The van der Waals surface area contributed by atoms with Crippen molar-refractivity contribution in [2.24, 2.45) is 0 Å². The molecule has 2 rings (SSSR count). The minimum atomic E-state index is -0.626. The van der Waals surface area contributed by atoms with Crippen LogP contribution in [0.4, 0.5) is 0 Å². The van der Waals surface area contributed by atoms with Crippen LogP contribution in [0.1, 0.15) is 41.3 Å². The summed E-state index contributed by atoms with van der Waals surface area (Å²) >= 11 is 0. The lowest BCUT2D eigenvalue weighted by molar-refractivity contribution is -0.111. The van der Waals surface area contributed by atoms with Crippen molar-refractivity contribution in [3.05, 3.63) is 47.5 Å². The third kappa shape index (κ3) is 2.44. The minimum Gasteiger partial charge on any atom is -0.303 e. The predicted molar refractivity (Wildman–Crippen MR) is 81.5 cm³/mol. The highest BCUT2D eigenvalue weighted by atomic mass is 16.2. The first kappa shape index (κ1) is 14.9.